The van der Waals surface area contributed by atoms with Gasteiger partial charge in [0, 0.05) is 23.2 Å². The Hall–Kier alpha value is -4.00. The van der Waals surface area contributed by atoms with Crippen LogP contribution in [-0.4, -0.2) is 30.1 Å². The van der Waals surface area contributed by atoms with Crippen LogP contribution in [0.4, 0.5) is 5.69 Å². The molecule has 3 N–H and O–H groups in total. The van der Waals surface area contributed by atoms with Gasteiger partial charge in [0.2, 0.25) is 0 Å². The minimum atomic E-state index is 0.536. The first kappa shape index (κ1) is 22.2. The van der Waals surface area contributed by atoms with E-state index in [2.05, 4.69) is 45.9 Å². The number of allylic oxidation sites excluding steroid dienone is 4. The molecular weight excluding hydrogens is 410 g/mol. The van der Waals surface area contributed by atoms with Crippen LogP contribution in [0.15, 0.2) is 61.1 Å². The highest BCUT2D eigenvalue weighted by molar-refractivity contribution is 5.89. The molecule has 168 valence electrons. The Balaban J connectivity index is 1.66. The van der Waals surface area contributed by atoms with Crippen molar-refractivity contribution in [2.75, 3.05) is 5.32 Å². The molecule has 0 aliphatic rings. The Bertz CT molecular complexity index is 1340. The number of nitrogens with zero attached hydrogens (tertiary/aromatic N) is 4. The zero-order valence-corrected chi connectivity index (χ0v) is 19.5. The summed E-state index contributed by atoms with van der Waals surface area (Å²) in [6.45, 7) is 12.4. The van der Waals surface area contributed by atoms with Crippen LogP contribution >= 0.6 is 0 Å². The van der Waals surface area contributed by atoms with Crippen LogP contribution < -0.4 is 5.32 Å². The Morgan fingerprint density at radius 3 is 2.82 bits per heavy atom. The Morgan fingerprint density at radius 2 is 2.03 bits per heavy atom. The van der Waals surface area contributed by atoms with Crippen LogP contribution in [0.25, 0.3) is 39.9 Å². The summed E-state index contributed by atoms with van der Waals surface area (Å²) in [5.41, 5.74) is 7.73. The van der Waals surface area contributed by atoms with E-state index in [0.717, 1.165) is 51.5 Å². The van der Waals surface area contributed by atoms with E-state index in [0.29, 0.717) is 17.4 Å². The van der Waals surface area contributed by atoms with Crippen molar-refractivity contribution in [3.8, 4) is 22.8 Å². The topological polar surface area (TPSA) is 95.2 Å². The molecule has 4 rings (SSSR count). The van der Waals surface area contributed by atoms with Crippen LogP contribution in [0.2, 0.25) is 0 Å². The van der Waals surface area contributed by atoms with Crippen molar-refractivity contribution in [2.24, 2.45) is 5.92 Å². The number of H-pyrrole nitrogens is 2. The third-order valence-corrected chi connectivity index (χ3v) is 5.12. The molecule has 7 nitrogen and oxygen atoms in total. The molecule has 0 aromatic carbocycles. The molecule has 0 spiro atoms. The number of pyridine rings is 2. The standard InChI is InChI=1S/C26H29N7/c1-6-7-8-9-21-18(5)29-26(31-21)25-24-23(32-33-25)11-10-22(30-24)19-13-20(15-27-14-19)28-17(4)12-16(2)3/h6-11,13-16,28H,4,12H2,1-3,5H3,(H,29,31)(H,32,33)/b7-6-,9-8-. The van der Waals surface area contributed by atoms with E-state index < -0.39 is 0 Å². The first-order valence-electron chi connectivity index (χ1n) is 11.1. The van der Waals surface area contributed by atoms with E-state index in [9.17, 15) is 0 Å². The molecule has 0 atom stereocenters. The van der Waals surface area contributed by atoms with Crippen molar-refractivity contribution >= 4 is 22.8 Å². The monoisotopic (exact) mass is 439 g/mol. The first-order valence-corrected chi connectivity index (χ1v) is 11.1. The number of fused-ring (bicyclic) bond motifs is 1. The molecular formula is C26H29N7. The van der Waals surface area contributed by atoms with Crippen molar-refractivity contribution < 1.29 is 0 Å². The predicted octanol–water partition coefficient (Wildman–Crippen LogP) is 6.28. The maximum Gasteiger partial charge on any atom is 0.161 e. The summed E-state index contributed by atoms with van der Waals surface area (Å²) < 4.78 is 0. The van der Waals surface area contributed by atoms with Gasteiger partial charge in [0.1, 0.15) is 5.52 Å². The summed E-state index contributed by atoms with van der Waals surface area (Å²) >= 11 is 0. The normalized spacial score (nSPS) is 11.9. The number of hydrogen-bond acceptors (Lipinski definition) is 5. The van der Waals surface area contributed by atoms with Crippen molar-refractivity contribution in [3.63, 3.8) is 0 Å². The SMILES string of the molecule is C=C(CC(C)C)Nc1cncc(-c2ccc3[nH]nc(-c4nc(/C=C\C=C/C)c(C)[nH]4)c3n2)c1. The summed E-state index contributed by atoms with van der Waals surface area (Å²) in [6.07, 6.45) is 12.4. The van der Waals surface area contributed by atoms with Crippen LogP contribution in [0.5, 0.6) is 0 Å². The van der Waals surface area contributed by atoms with E-state index in [4.69, 9.17) is 9.97 Å². The number of rotatable bonds is 8. The summed E-state index contributed by atoms with van der Waals surface area (Å²) in [5, 5.41) is 10.9. The van der Waals surface area contributed by atoms with Crippen LogP contribution in [-0.2, 0) is 0 Å². The van der Waals surface area contributed by atoms with Gasteiger partial charge in [-0.05, 0) is 50.5 Å². The molecule has 4 aromatic rings. The van der Waals surface area contributed by atoms with Crippen molar-refractivity contribution in [2.45, 2.75) is 34.1 Å². The highest BCUT2D eigenvalue weighted by Gasteiger charge is 2.16. The third kappa shape index (κ3) is 5.09. The maximum absolute atomic E-state index is 4.89. The van der Waals surface area contributed by atoms with Gasteiger partial charge in [-0.25, -0.2) is 9.97 Å². The lowest BCUT2D eigenvalue weighted by molar-refractivity contribution is 0.645. The first-order chi connectivity index (χ1) is 15.9. The Kier molecular flexibility index (Phi) is 6.49. The van der Waals surface area contributed by atoms with Crippen molar-refractivity contribution in [3.05, 3.63) is 72.5 Å². The molecule has 33 heavy (non-hydrogen) atoms. The summed E-state index contributed by atoms with van der Waals surface area (Å²) in [5.74, 6) is 1.22. The molecule has 0 bridgehead atoms. The van der Waals surface area contributed by atoms with Crippen LogP contribution in [0.3, 0.4) is 0 Å². The molecule has 0 fully saturated rings. The summed E-state index contributed by atoms with van der Waals surface area (Å²) in [4.78, 5) is 17.3. The van der Waals surface area contributed by atoms with Crippen LogP contribution in [0, 0.1) is 12.8 Å². The number of aromatic nitrogens is 6. The largest absolute Gasteiger partial charge is 0.358 e. The highest BCUT2D eigenvalue weighted by atomic mass is 15.2. The van der Waals surface area contributed by atoms with E-state index >= 15 is 0 Å². The second-order valence-electron chi connectivity index (χ2n) is 8.43. The van der Waals surface area contributed by atoms with Gasteiger partial charge in [-0.2, -0.15) is 5.10 Å². The minimum absolute atomic E-state index is 0.536. The maximum atomic E-state index is 4.89. The lowest BCUT2D eigenvalue weighted by Crippen LogP contribution is -2.02. The molecule has 4 heterocycles. The van der Waals surface area contributed by atoms with Gasteiger partial charge in [0.05, 0.1) is 28.8 Å². The third-order valence-electron chi connectivity index (χ3n) is 5.12. The predicted molar refractivity (Wildman–Crippen MR) is 136 cm³/mol. The fourth-order valence-corrected chi connectivity index (χ4v) is 3.63. The number of imidazole rings is 1. The van der Waals surface area contributed by atoms with Gasteiger partial charge >= 0.3 is 0 Å². The number of aromatic amines is 2. The quantitative estimate of drug-likeness (QED) is 0.281. The molecule has 0 saturated carbocycles. The fourth-order valence-electron chi connectivity index (χ4n) is 3.63. The zero-order chi connectivity index (χ0) is 23.4. The van der Waals surface area contributed by atoms with E-state index in [1.807, 2.05) is 62.5 Å². The van der Waals surface area contributed by atoms with Crippen molar-refractivity contribution in [1.82, 2.24) is 30.1 Å². The molecule has 0 amide bonds. The number of nitrogens with one attached hydrogen (secondary N) is 3. The van der Waals surface area contributed by atoms with Gasteiger partial charge in [-0.15, -0.1) is 0 Å². The average molecular weight is 440 g/mol. The summed E-state index contributed by atoms with van der Waals surface area (Å²) in [6, 6.07) is 5.98. The fraction of sp³-hybridized carbons (Fsp3) is 0.231. The Labute approximate surface area is 193 Å². The lowest BCUT2D eigenvalue weighted by atomic mass is 10.1. The van der Waals surface area contributed by atoms with E-state index in [1.54, 1.807) is 6.20 Å². The van der Waals surface area contributed by atoms with Crippen molar-refractivity contribution in [1.29, 1.82) is 0 Å². The number of aryl methyl sites for hydroxylation is 1. The minimum Gasteiger partial charge on any atom is -0.358 e. The van der Waals surface area contributed by atoms with E-state index in [-0.39, 0.29) is 0 Å². The van der Waals surface area contributed by atoms with Gasteiger partial charge in [-0.1, -0.05) is 38.7 Å². The van der Waals surface area contributed by atoms with Gasteiger partial charge in [0.25, 0.3) is 0 Å². The highest BCUT2D eigenvalue weighted by Crippen LogP contribution is 2.28. The molecule has 0 unspecified atom stereocenters. The summed E-state index contributed by atoms with van der Waals surface area (Å²) in [7, 11) is 0. The van der Waals surface area contributed by atoms with E-state index in [1.165, 1.54) is 0 Å². The second kappa shape index (κ2) is 9.65. The molecule has 4 aromatic heterocycles. The number of hydrogen-bond donors (Lipinski definition) is 3. The smallest absolute Gasteiger partial charge is 0.161 e. The van der Waals surface area contributed by atoms with Gasteiger partial charge in [-0.3, -0.25) is 10.1 Å². The number of anilines is 1. The molecule has 0 saturated heterocycles. The second-order valence-corrected chi connectivity index (χ2v) is 8.43. The molecule has 7 heteroatoms. The molecule has 0 aliphatic carbocycles. The van der Waals surface area contributed by atoms with Gasteiger partial charge < -0.3 is 10.3 Å². The molecule has 0 radical (unpaired) electrons. The molecule has 0 aliphatic heterocycles. The van der Waals surface area contributed by atoms with Crippen LogP contribution in [0.1, 0.15) is 38.6 Å². The average Bonchev–Trinajstić information content (AvgIpc) is 3.36. The zero-order valence-electron chi connectivity index (χ0n) is 19.5. The lowest BCUT2D eigenvalue weighted by Gasteiger charge is -2.12. The Morgan fingerprint density at radius 1 is 1.18 bits per heavy atom. The van der Waals surface area contributed by atoms with Gasteiger partial charge in [0.15, 0.2) is 11.5 Å².